The summed E-state index contributed by atoms with van der Waals surface area (Å²) in [5.41, 5.74) is 5.38. The molecule has 0 aliphatic carbocycles. The van der Waals surface area contributed by atoms with Gasteiger partial charge in [-0.05, 0) is 80.9 Å². The van der Waals surface area contributed by atoms with Crippen molar-refractivity contribution in [1.82, 2.24) is 20.0 Å². The Morgan fingerprint density at radius 2 is 1.76 bits per heavy atom. The van der Waals surface area contributed by atoms with Crippen LogP contribution in [0.15, 0.2) is 65.1 Å². The van der Waals surface area contributed by atoms with Crippen molar-refractivity contribution < 1.29 is 9.59 Å². The lowest BCUT2D eigenvalue weighted by Crippen LogP contribution is -2.28. The summed E-state index contributed by atoms with van der Waals surface area (Å²) in [6.07, 6.45) is 0.184. The van der Waals surface area contributed by atoms with Crippen LogP contribution < -0.4 is 15.5 Å². The molecule has 1 aliphatic heterocycles. The maximum Gasteiger partial charge on any atom is 0.229 e. The molecule has 0 radical (unpaired) electrons. The fourth-order valence-corrected chi connectivity index (χ4v) is 4.64. The Morgan fingerprint density at radius 3 is 2.41 bits per heavy atom. The molecule has 10 heteroatoms. The molecule has 2 aromatic heterocycles. The number of hydrogen-bond donors (Lipinski definition) is 2. The van der Waals surface area contributed by atoms with E-state index in [-0.39, 0.29) is 18.2 Å². The van der Waals surface area contributed by atoms with Crippen molar-refractivity contribution in [3.05, 3.63) is 82.1 Å². The van der Waals surface area contributed by atoms with E-state index in [0.717, 1.165) is 32.8 Å². The minimum absolute atomic E-state index is 0.0575. The van der Waals surface area contributed by atoms with Gasteiger partial charge in [-0.1, -0.05) is 22.0 Å². The van der Waals surface area contributed by atoms with Gasteiger partial charge in [0.05, 0.1) is 11.6 Å². The molecule has 0 bridgehead atoms. The van der Waals surface area contributed by atoms with Gasteiger partial charge in [-0.2, -0.15) is 5.10 Å². The number of hydrogen-bond acceptors (Lipinski definition) is 6. The summed E-state index contributed by atoms with van der Waals surface area (Å²) in [7, 11) is 0. The van der Waals surface area contributed by atoms with Crippen LogP contribution in [0.2, 0.25) is 0 Å². The molecule has 2 N–H and O–H groups in total. The van der Waals surface area contributed by atoms with Gasteiger partial charge in [0.25, 0.3) is 0 Å². The highest BCUT2D eigenvalue weighted by Gasteiger charge is 2.35. The number of benzene rings is 2. The first-order chi connectivity index (χ1) is 17.8. The average molecular weight is 560 g/mol. The van der Waals surface area contributed by atoms with Crippen molar-refractivity contribution in [2.24, 2.45) is 5.92 Å². The van der Waals surface area contributed by atoms with Crippen molar-refractivity contribution in [2.45, 2.75) is 27.2 Å². The topological polar surface area (TPSA) is 105 Å². The Bertz CT molecular complexity index is 1470. The molecule has 2 amide bonds. The van der Waals surface area contributed by atoms with E-state index in [9.17, 15) is 9.59 Å². The lowest BCUT2D eigenvalue weighted by atomic mass is 10.1. The smallest absolute Gasteiger partial charge is 0.229 e. The van der Waals surface area contributed by atoms with Gasteiger partial charge in [-0.3, -0.25) is 9.59 Å². The zero-order valence-electron chi connectivity index (χ0n) is 20.7. The highest BCUT2D eigenvalue weighted by Crippen LogP contribution is 2.28. The summed E-state index contributed by atoms with van der Waals surface area (Å²) in [6.45, 7) is 6.37. The molecule has 1 aliphatic rings. The Hall–Kier alpha value is -4.05. The number of anilines is 4. The zero-order valence-corrected chi connectivity index (χ0v) is 22.3. The first-order valence-corrected chi connectivity index (χ1v) is 12.7. The molecule has 1 fully saturated rings. The van der Waals surface area contributed by atoms with E-state index >= 15 is 0 Å². The number of amides is 2. The predicted octanol–water partition coefficient (Wildman–Crippen LogP) is 5.09. The maximum atomic E-state index is 12.8. The van der Waals surface area contributed by atoms with Gasteiger partial charge in [0.15, 0.2) is 11.6 Å². The summed E-state index contributed by atoms with van der Waals surface area (Å²) in [6, 6.07) is 18.5. The standard InChI is InChI=1S/C27H26BrN7O2/c1-16-17(2)33-35(18(16)3)25-12-11-24(31-32-25)29-21-7-9-22(10-8-21)30-27(37)19-13-26(36)34(15-19)23-6-4-5-20(28)14-23/h4-12,14,19H,13,15H2,1-3H3,(H,29,31)(H,30,37). The summed E-state index contributed by atoms with van der Waals surface area (Å²) < 4.78 is 2.67. The predicted molar refractivity (Wildman–Crippen MR) is 146 cm³/mol. The van der Waals surface area contributed by atoms with Crippen molar-refractivity contribution >= 4 is 50.6 Å². The number of halogens is 1. The van der Waals surface area contributed by atoms with Crippen LogP contribution in [-0.4, -0.2) is 38.3 Å². The molecule has 3 heterocycles. The first kappa shape index (κ1) is 24.6. The highest BCUT2D eigenvalue weighted by molar-refractivity contribution is 9.10. The van der Waals surface area contributed by atoms with Crippen molar-refractivity contribution in [3.8, 4) is 5.82 Å². The van der Waals surface area contributed by atoms with E-state index in [0.29, 0.717) is 23.9 Å². The second-order valence-electron chi connectivity index (χ2n) is 9.06. The van der Waals surface area contributed by atoms with E-state index in [1.165, 1.54) is 0 Å². The molecule has 0 saturated carbocycles. The number of rotatable bonds is 6. The number of nitrogens with one attached hydrogen (secondary N) is 2. The molecule has 1 atom stereocenters. The van der Waals surface area contributed by atoms with Gasteiger partial charge >= 0.3 is 0 Å². The molecule has 1 unspecified atom stereocenters. The van der Waals surface area contributed by atoms with E-state index in [1.807, 2.05) is 81.4 Å². The van der Waals surface area contributed by atoms with Crippen LogP contribution in [0.1, 0.15) is 23.4 Å². The van der Waals surface area contributed by atoms with E-state index < -0.39 is 5.92 Å². The fraction of sp³-hybridized carbons (Fsp3) is 0.222. The number of carbonyl (C=O) groups is 2. The average Bonchev–Trinajstić information content (AvgIpc) is 3.40. The molecule has 5 rings (SSSR count). The lowest BCUT2D eigenvalue weighted by molar-refractivity contribution is -0.122. The van der Waals surface area contributed by atoms with E-state index in [1.54, 1.807) is 9.58 Å². The van der Waals surface area contributed by atoms with Crippen LogP contribution in [0.4, 0.5) is 22.9 Å². The van der Waals surface area contributed by atoms with Crippen molar-refractivity contribution in [3.63, 3.8) is 0 Å². The molecule has 9 nitrogen and oxygen atoms in total. The summed E-state index contributed by atoms with van der Waals surface area (Å²) in [5, 5.41) is 19.2. The van der Waals surface area contributed by atoms with Gasteiger partial charge in [0.1, 0.15) is 0 Å². The third kappa shape index (κ3) is 5.24. The fourth-order valence-electron chi connectivity index (χ4n) is 4.25. The van der Waals surface area contributed by atoms with Gasteiger partial charge < -0.3 is 15.5 Å². The van der Waals surface area contributed by atoms with Crippen LogP contribution in [0.5, 0.6) is 0 Å². The SMILES string of the molecule is Cc1nn(-c2ccc(Nc3ccc(NC(=O)C4CC(=O)N(c5cccc(Br)c5)C4)cc3)nn2)c(C)c1C. The van der Waals surface area contributed by atoms with Gasteiger partial charge in [-0.25, -0.2) is 4.68 Å². The van der Waals surface area contributed by atoms with Gasteiger partial charge in [0, 0.05) is 40.2 Å². The highest BCUT2D eigenvalue weighted by atomic mass is 79.9. The number of aryl methyl sites for hydroxylation is 1. The molecule has 4 aromatic rings. The number of carbonyl (C=O) groups excluding carboxylic acids is 2. The Labute approximate surface area is 223 Å². The molecule has 37 heavy (non-hydrogen) atoms. The Morgan fingerprint density at radius 1 is 1.00 bits per heavy atom. The molecule has 188 valence electrons. The number of nitrogens with zero attached hydrogens (tertiary/aromatic N) is 5. The number of aromatic nitrogens is 4. The summed E-state index contributed by atoms with van der Waals surface area (Å²) >= 11 is 3.43. The largest absolute Gasteiger partial charge is 0.339 e. The van der Waals surface area contributed by atoms with Crippen molar-refractivity contribution in [1.29, 1.82) is 0 Å². The Balaban J connectivity index is 1.19. The zero-order chi connectivity index (χ0) is 26.1. The van der Waals surface area contributed by atoms with Crippen LogP contribution in [-0.2, 0) is 9.59 Å². The van der Waals surface area contributed by atoms with Crippen LogP contribution in [0.25, 0.3) is 5.82 Å². The molecular formula is C27H26BrN7O2. The molecular weight excluding hydrogens is 534 g/mol. The van der Waals surface area contributed by atoms with E-state index in [4.69, 9.17) is 0 Å². The second kappa shape index (κ2) is 10.1. The van der Waals surface area contributed by atoms with Crippen LogP contribution in [0.3, 0.4) is 0 Å². The Kier molecular flexibility index (Phi) is 6.75. The second-order valence-corrected chi connectivity index (χ2v) is 9.98. The quantitative estimate of drug-likeness (QED) is 0.341. The first-order valence-electron chi connectivity index (χ1n) is 11.9. The summed E-state index contributed by atoms with van der Waals surface area (Å²) in [4.78, 5) is 27.0. The van der Waals surface area contributed by atoms with Gasteiger partial charge in [0.2, 0.25) is 11.8 Å². The van der Waals surface area contributed by atoms with E-state index in [2.05, 4.69) is 41.9 Å². The minimum atomic E-state index is -0.413. The third-order valence-electron chi connectivity index (χ3n) is 6.56. The monoisotopic (exact) mass is 559 g/mol. The molecule has 2 aromatic carbocycles. The van der Waals surface area contributed by atoms with Gasteiger partial charge in [-0.15, -0.1) is 10.2 Å². The minimum Gasteiger partial charge on any atom is -0.339 e. The van der Waals surface area contributed by atoms with Crippen LogP contribution >= 0.6 is 15.9 Å². The normalized spacial score (nSPS) is 15.2. The lowest BCUT2D eigenvalue weighted by Gasteiger charge is -2.17. The third-order valence-corrected chi connectivity index (χ3v) is 7.05. The maximum absolute atomic E-state index is 12.8. The summed E-state index contributed by atoms with van der Waals surface area (Å²) in [5.74, 6) is 0.603. The van der Waals surface area contributed by atoms with Crippen LogP contribution in [0, 0.1) is 26.7 Å². The van der Waals surface area contributed by atoms with Crippen molar-refractivity contribution in [2.75, 3.05) is 22.1 Å². The molecule has 0 spiro atoms. The molecule has 1 saturated heterocycles.